The number of methoxy groups -OCH3 is 1. The van der Waals surface area contributed by atoms with Crippen molar-refractivity contribution in [2.75, 3.05) is 7.11 Å². The first-order valence-corrected chi connectivity index (χ1v) is 6.27. The predicted molar refractivity (Wildman–Crippen MR) is 58.7 cm³/mol. The summed E-state index contributed by atoms with van der Waals surface area (Å²) in [6, 6.07) is 0. The molecule has 7 heteroatoms. The number of aliphatic hydroxyl groups is 1. The Morgan fingerprint density at radius 3 is 2.67 bits per heavy atom. The number of nitrogens with two attached hydrogens (primary N) is 1. The number of aromatic nitrogens is 1. The zero-order chi connectivity index (χ0) is 11.6. The molecular weight excluding hydrogens is 236 g/mol. The summed E-state index contributed by atoms with van der Waals surface area (Å²) in [5.74, 6) is 0. The van der Waals surface area contributed by atoms with Gasteiger partial charge >= 0.3 is 0 Å². The summed E-state index contributed by atoms with van der Waals surface area (Å²) in [6.45, 7) is 3.47. The average Bonchev–Trinajstić information content (AvgIpc) is 2.48. The van der Waals surface area contributed by atoms with Crippen molar-refractivity contribution in [2.45, 2.75) is 30.3 Å². The summed E-state index contributed by atoms with van der Waals surface area (Å²) >= 11 is 1.15. The van der Waals surface area contributed by atoms with Gasteiger partial charge in [0, 0.05) is 7.11 Å². The van der Waals surface area contributed by atoms with E-state index < -0.39 is 16.6 Å². The summed E-state index contributed by atoms with van der Waals surface area (Å²) in [5.41, 5.74) is -0.523. The summed E-state index contributed by atoms with van der Waals surface area (Å²) in [7, 11) is -0.0709. The van der Waals surface area contributed by atoms with Gasteiger partial charge in [0.05, 0.1) is 12.3 Å². The van der Waals surface area contributed by atoms with E-state index in [1.807, 2.05) is 0 Å². The second kappa shape index (κ2) is 4.67. The first-order valence-electron chi connectivity index (χ1n) is 4.24. The maximum absolute atomic E-state index is 11.2. The minimum Gasteiger partial charge on any atom is -0.383 e. The van der Waals surface area contributed by atoms with E-state index in [-0.39, 0.29) is 6.61 Å². The van der Waals surface area contributed by atoms with E-state index in [1.54, 1.807) is 13.8 Å². The lowest BCUT2D eigenvalue weighted by Gasteiger charge is -2.12. The molecule has 5 nitrogen and oxygen atoms in total. The van der Waals surface area contributed by atoms with Gasteiger partial charge in [0.25, 0.3) is 0 Å². The van der Waals surface area contributed by atoms with Gasteiger partial charge in [0.2, 0.25) is 0 Å². The Hall–Kier alpha value is -0.340. The van der Waals surface area contributed by atoms with Crippen LogP contribution in [0.4, 0.5) is 0 Å². The van der Waals surface area contributed by atoms with E-state index in [0.717, 1.165) is 11.3 Å². The fourth-order valence-electron chi connectivity index (χ4n) is 0.985. The van der Waals surface area contributed by atoms with Crippen LogP contribution in [0.2, 0.25) is 0 Å². The van der Waals surface area contributed by atoms with E-state index in [2.05, 4.69) is 4.98 Å². The highest BCUT2D eigenvalue weighted by atomic mass is 32.2. The smallest absolute Gasteiger partial charge is 0.134 e. The third-order valence-electron chi connectivity index (χ3n) is 1.65. The molecule has 0 fully saturated rings. The maximum atomic E-state index is 11.2. The molecular formula is C8H14N2O3S2. The molecule has 0 aliphatic rings. The Morgan fingerprint density at radius 2 is 2.27 bits per heavy atom. The Bertz CT molecular complexity index is 370. The molecule has 1 unspecified atom stereocenters. The molecule has 0 aliphatic heterocycles. The van der Waals surface area contributed by atoms with Gasteiger partial charge in [-0.05, 0) is 13.8 Å². The van der Waals surface area contributed by atoms with E-state index >= 15 is 0 Å². The van der Waals surface area contributed by atoms with Crippen molar-refractivity contribution < 1.29 is 14.1 Å². The van der Waals surface area contributed by atoms with Crippen LogP contribution in [-0.4, -0.2) is 21.4 Å². The molecule has 0 saturated heterocycles. The van der Waals surface area contributed by atoms with Gasteiger partial charge in [0.1, 0.15) is 25.8 Å². The fraction of sp³-hybridized carbons (Fsp3) is 0.625. The van der Waals surface area contributed by atoms with Gasteiger partial charge in [-0.3, -0.25) is 0 Å². The number of thiazole rings is 1. The van der Waals surface area contributed by atoms with Gasteiger partial charge in [-0.1, -0.05) is 0 Å². The van der Waals surface area contributed by atoms with E-state index in [0.29, 0.717) is 14.9 Å². The molecule has 0 aromatic carbocycles. The van der Waals surface area contributed by atoms with Crippen molar-refractivity contribution in [1.82, 2.24) is 4.98 Å². The zero-order valence-electron chi connectivity index (χ0n) is 8.81. The maximum Gasteiger partial charge on any atom is 0.134 e. The minimum atomic E-state index is -1.59. The highest BCUT2D eigenvalue weighted by Gasteiger charge is 2.24. The lowest BCUT2D eigenvalue weighted by atomic mass is 10.2. The first-order chi connectivity index (χ1) is 6.86. The Labute approximate surface area is 94.9 Å². The topological polar surface area (TPSA) is 85.4 Å². The third kappa shape index (κ3) is 3.05. The molecule has 15 heavy (non-hydrogen) atoms. The van der Waals surface area contributed by atoms with Crippen LogP contribution in [0.1, 0.15) is 24.5 Å². The number of hydrogen-bond acceptors (Lipinski definition) is 5. The summed E-state index contributed by atoms with van der Waals surface area (Å²) < 4.78 is 16.6. The molecule has 1 aromatic rings. The molecule has 86 valence electrons. The molecule has 0 saturated carbocycles. The summed E-state index contributed by atoms with van der Waals surface area (Å²) in [4.78, 5) is 4.16. The standard InChI is InChI=1S/C8H14N2O3S2/c1-8(2,11)7-10-5(4-13-3)6(14-7)15(9)12/h11H,4,9H2,1-3H3. The molecule has 1 atom stereocenters. The third-order valence-corrected chi connectivity index (χ3v) is 4.20. The molecule has 0 spiro atoms. The molecule has 1 rings (SSSR count). The Balaban J connectivity index is 3.15. The highest BCUT2D eigenvalue weighted by Crippen LogP contribution is 2.29. The van der Waals surface area contributed by atoms with Crippen LogP contribution in [0.5, 0.6) is 0 Å². The van der Waals surface area contributed by atoms with Crippen LogP contribution in [0.3, 0.4) is 0 Å². The van der Waals surface area contributed by atoms with Crippen LogP contribution in [0.15, 0.2) is 4.21 Å². The lowest BCUT2D eigenvalue weighted by Crippen LogP contribution is -2.15. The molecule has 1 aromatic heterocycles. The number of ether oxygens (including phenoxy) is 1. The van der Waals surface area contributed by atoms with Crippen molar-refractivity contribution in [3.05, 3.63) is 10.7 Å². The zero-order valence-corrected chi connectivity index (χ0v) is 10.4. The highest BCUT2D eigenvalue weighted by molar-refractivity contribution is 7.85. The van der Waals surface area contributed by atoms with Crippen molar-refractivity contribution in [3.8, 4) is 0 Å². The molecule has 0 aliphatic carbocycles. The Kier molecular flexibility index (Phi) is 3.96. The van der Waals surface area contributed by atoms with Crippen LogP contribution in [0.25, 0.3) is 0 Å². The molecule has 3 N–H and O–H groups in total. The van der Waals surface area contributed by atoms with Crippen molar-refractivity contribution in [3.63, 3.8) is 0 Å². The van der Waals surface area contributed by atoms with Gasteiger partial charge in [-0.15, -0.1) is 11.3 Å². The van der Waals surface area contributed by atoms with Gasteiger partial charge in [-0.2, -0.15) is 0 Å². The number of rotatable bonds is 4. The van der Waals surface area contributed by atoms with Gasteiger partial charge < -0.3 is 9.84 Å². The fourth-order valence-corrected chi connectivity index (χ4v) is 2.69. The van der Waals surface area contributed by atoms with Crippen LogP contribution in [-0.2, 0) is 27.9 Å². The molecule has 0 amide bonds. The van der Waals surface area contributed by atoms with Crippen LogP contribution < -0.4 is 5.14 Å². The number of hydrogen-bond donors (Lipinski definition) is 2. The van der Waals surface area contributed by atoms with E-state index in [9.17, 15) is 9.32 Å². The monoisotopic (exact) mass is 250 g/mol. The largest absolute Gasteiger partial charge is 0.383 e. The van der Waals surface area contributed by atoms with Gasteiger partial charge in [-0.25, -0.2) is 14.3 Å². The number of nitrogens with zero attached hydrogens (tertiary/aromatic N) is 1. The van der Waals surface area contributed by atoms with Crippen molar-refractivity contribution in [2.24, 2.45) is 5.14 Å². The Morgan fingerprint density at radius 1 is 1.67 bits per heavy atom. The average molecular weight is 250 g/mol. The molecule has 1 heterocycles. The van der Waals surface area contributed by atoms with Crippen molar-refractivity contribution >= 4 is 22.3 Å². The second-order valence-corrected chi connectivity index (χ2v) is 5.80. The predicted octanol–water partition coefficient (Wildman–Crippen LogP) is 0.498. The van der Waals surface area contributed by atoms with Crippen molar-refractivity contribution in [1.29, 1.82) is 0 Å². The second-order valence-electron chi connectivity index (χ2n) is 3.54. The van der Waals surface area contributed by atoms with Crippen LogP contribution in [0, 0.1) is 0 Å². The quantitative estimate of drug-likeness (QED) is 0.814. The SMILES string of the molecule is COCc1nc(C(C)(C)O)sc1S(N)=O. The first kappa shape index (κ1) is 12.7. The summed E-state index contributed by atoms with van der Waals surface area (Å²) in [5, 5.41) is 15.5. The van der Waals surface area contributed by atoms with Gasteiger partial charge in [0.15, 0.2) is 0 Å². The van der Waals surface area contributed by atoms with E-state index in [1.165, 1.54) is 7.11 Å². The summed E-state index contributed by atoms with van der Waals surface area (Å²) in [6.07, 6.45) is 0. The molecule has 0 bridgehead atoms. The normalized spacial score (nSPS) is 14.2. The minimum absolute atomic E-state index is 0.241. The lowest BCUT2D eigenvalue weighted by molar-refractivity contribution is 0.0776. The van der Waals surface area contributed by atoms with Crippen LogP contribution >= 0.6 is 11.3 Å². The van der Waals surface area contributed by atoms with E-state index in [4.69, 9.17) is 9.88 Å². The molecule has 0 radical (unpaired) electrons.